The predicted molar refractivity (Wildman–Crippen MR) is 86.5 cm³/mol. The molecule has 0 aliphatic carbocycles. The third-order valence-corrected chi connectivity index (χ3v) is 3.74. The van der Waals surface area contributed by atoms with Crippen LogP contribution in [-0.2, 0) is 6.54 Å². The summed E-state index contributed by atoms with van der Waals surface area (Å²) in [5.41, 5.74) is 1.83. The van der Waals surface area contributed by atoms with E-state index >= 15 is 0 Å². The molecule has 5 heteroatoms. The highest BCUT2D eigenvalue weighted by Crippen LogP contribution is 2.14. The highest BCUT2D eigenvalue weighted by atomic mass is 32.2. The molecule has 0 radical (unpaired) electrons. The second kappa shape index (κ2) is 8.44. The maximum absolute atomic E-state index is 11.8. The summed E-state index contributed by atoms with van der Waals surface area (Å²) in [6.45, 7) is 2.13. The molecule has 0 spiro atoms. The molecule has 21 heavy (non-hydrogen) atoms. The van der Waals surface area contributed by atoms with Gasteiger partial charge in [0, 0.05) is 36.9 Å². The Balaban J connectivity index is 1.64. The van der Waals surface area contributed by atoms with Crippen molar-refractivity contribution in [2.75, 3.05) is 19.3 Å². The summed E-state index contributed by atoms with van der Waals surface area (Å²) in [5.74, 6) is -0.0887. The number of pyridine rings is 1. The summed E-state index contributed by atoms with van der Waals surface area (Å²) in [6.07, 6.45) is 5.29. The molecule has 110 valence electrons. The SMILES string of the molecule is CSc1ccc(CNCCNC(=O)c2cccnc2)cc1. The second-order valence-corrected chi connectivity index (χ2v) is 5.40. The maximum atomic E-state index is 11.8. The normalized spacial score (nSPS) is 10.3. The van der Waals surface area contributed by atoms with Crippen molar-refractivity contribution in [3.8, 4) is 0 Å². The topological polar surface area (TPSA) is 54.0 Å². The molecule has 0 fully saturated rings. The first kappa shape index (κ1) is 15.5. The van der Waals surface area contributed by atoms with E-state index in [-0.39, 0.29) is 5.91 Å². The van der Waals surface area contributed by atoms with E-state index in [9.17, 15) is 4.79 Å². The molecule has 2 rings (SSSR count). The lowest BCUT2D eigenvalue weighted by molar-refractivity contribution is 0.0953. The van der Waals surface area contributed by atoms with Crippen molar-refractivity contribution in [2.45, 2.75) is 11.4 Å². The highest BCUT2D eigenvalue weighted by Gasteiger charge is 2.03. The van der Waals surface area contributed by atoms with Crippen LogP contribution in [0.1, 0.15) is 15.9 Å². The van der Waals surface area contributed by atoms with Crippen LogP contribution in [-0.4, -0.2) is 30.2 Å². The summed E-state index contributed by atoms with van der Waals surface area (Å²) < 4.78 is 0. The summed E-state index contributed by atoms with van der Waals surface area (Å²) in [4.78, 5) is 17.0. The number of thioether (sulfide) groups is 1. The van der Waals surface area contributed by atoms with E-state index in [1.807, 2.05) is 0 Å². The Bertz CT molecular complexity index is 557. The molecule has 1 aromatic heterocycles. The Morgan fingerprint density at radius 1 is 1.19 bits per heavy atom. The molecule has 1 aromatic carbocycles. The van der Waals surface area contributed by atoms with E-state index in [1.165, 1.54) is 10.5 Å². The predicted octanol–water partition coefficient (Wildman–Crippen LogP) is 2.32. The number of nitrogens with zero attached hydrogens (tertiary/aromatic N) is 1. The molecule has 1 amide bonds. The van der Waals surface area contributed by atoms with E-state index in [0.29, 0.717) is 12.1 Å². The molecular formula is C16H19N3OS. The first-order chi connectivity index (χ1) is 10.3. The Morgan fingerprint density at radius 2 is 2.00 bits per heavy atom. The molecule has 0 atom stereocenters. The standard InChI is InChI=1S/C16H19N3OS/c1-21-15-6-4-13(5-7-15)11-18-9-10-19-16(20)14-3-2-8-17-12-14/h2-8,12,18H,9-11H2,1H3,(H,19,20). The number of amides is 1. The van der Waals surface area contributed by atoms with E-state index in [1.54, 1.807) is 36.3 Å². The lowest BCUT2D eigenvalue weighted by Crippen LogP contribution is -2.31. The molecule has 0 saturated heterocycles. The Labute approximate surface area is 129 Å². The van der Waals surface area contributed by atoms with Crippen LogP contribution in [0.3, 0.4) is 0 Å². The van der Waals surface area contributed by atoms with Gasteiger partial charge in [0.15, 0.2) is 0 Å². The van der Waals surface area contributed by atoms with Crippen LogP contribution < -0.4 is 10.6 Å². The number of hydrogen-bond acceptors (Lipinski definition) is 4. The summed E-state index contributed by atoms with van der Waals surface area (Å²) in [5, 5.41) is 6.17. The quantitative estimate of drug-likeness (QED) is 0.609. The summed E-state index contributed by atoms with van der Waals surface area (Å²) in [7, 11) is 0. The van der Waals surface area contributed by atoms with Gasteiger partial charge in [-0.1, -0.05) is 12.1 Å². The minimum absolute atomic E-state index is 0.0887. The third-order valence-electron chi connectivity index (χ3n) is 3.00. The molecule has 0 unspecified atom stereocenters. The van der Waals surface area contributed by atoms with E-state index in [2.05, 4.69) is 46.1 Å². The maximum Gasteiger partial charge on any atom is 0.252 e. The zero-order valence-corrected chi connectivity index (χ0v) is 12.8. The second-order valence-electron chi connectivity index (χ2n) is 4.52. The highest BCUT2D eigenvalue weighted by molar-refractivity contribution is 7.98. The van der Waals surface area contributed by atoms with Crippen molar-refractivity contribution in [3.05, 3.63) is 59.9 Å². The lowest BCUT2D eigenvalue weighted by Gasteiger charge is -2.07. The van der Waals surface area contributed by atoms with E-state index in [0.717, 1.165) is 13.1 Å². The van der Waals surface area contributed by atoms with Crippen molar-refractivity contribution >= 4 is 17.7 Å². The van der Waals surface area contributed by atoms with Crippen molar-refractivity contribution in [3.63, 3.8) is 0 Å². The number of hydrogen-bond donors (Lipinski definition) is 2. The molecule has 0 saturated carbocycles. The van der Waals surface area contributed by atoms with Crippen LogP contribution in [0.25, 0.3) is 0 Å². The molecular weight excluding hydrogens is 282 g/mol. The third kappa shape index (κ3) is 5.21. The van der Waals surface area contributed by atoms with Gasteiger partial charge >= 0.3 is 0 Å². The van der Waals surface area contributed by atoms with Crippen LogP contribution in [0, 0.1) is 0 Å². The molecule has 2 aromatic rings. The fourth-order valence-corrected chi connectivity index (χ4v) is 2.25. The van der Waals surface area contributed by atoms with Gasteiger partial charge in [0.1, 0.15) is 0 Å². The van der Waals surface area contributed by atoms with Gasteiger partial charge in [-0.2, -0.15) is 0 Å². The van der Waals surface area contributed by atoms with Crippen LogP contribution in [0.15, 0.2) is 53.7 Å². The minimum atomic E-state index is -0.0887. The van der Waals surface area contributed by atoms with Gasteiger partial charge in [-0.3, -0.25) is 9.78 Å². The number of benzene rings is 1. The van der Waals surface area contributed by atoms with Crippen LogP contribution >= 0.6 is 11.8 Å². The summed E-state index contributed by atoms with van der Waals surface area (Å²) in [6, 6.07) is 12.0. The molecule has 4 nitrogen and oxygen atoms in total. The Morgan fingerprint density at radius 3 is 2.67 bits per heavy atom. The Hall–Kier alpha value is -1.85. The van der Waals surface area contributed by atoms with Crippen LogP contribution in [0.4, 0.5) is 0 Å². The first-order valence-corrected chi connectivity index (χ1v) is 8.04. The fraction of sp³-hybridized carbons (Fsp3) is 0.250. The molecule has 0 bridgehead atoms. The minimum Gasteiger partial charge on any atom is -0.351 e. The number of carbonyl (C=O) groups is 1. The average molecular weight is 301 g/mol. The lowest BCUT2D eigenvalue weighted by atomic mass is 10.2. The van der Waals surface area contributed by atoms with Crippen LogP contribution in [0.2, 0.25) is 0 Å². The van der Waals surface area contributed by atoms with Crippen molar-refractivity contribution in [1.82, 2.24) is 15.6 Å². The van der Waals surface area contributed by atoms with E-state index < -0.39 is 0 Å². The zero-order chi connectivity index (χ0) is 14.9. The summed E-state index contributed by atoms with van der Waals surface area (Å²) >= 11 is 1.74. The van der Waals surface area contributed by atoms with Gasteiger partial charge in [0.2, 0.25) is 0 Å². The largest absolute Gasteiger partial charge is 0.351 e. The van der Waals surface area contributed by atoms with Gasteiger partial charge in [-0.25, -0.2) is 0 Å². The van der Waals surface area contributed by atoms with Crippen molar-refractivity contribution in [2.24, 2.45) is 0 Å². The van der Waals surface area contributed by atoms with Crippen molar-refractivity contribution in [1.29, 1.82) is 0 Å². The van der Waals surface area contributed by atoms with Gasteiger partial charge < -0.3 is 10.6 Å². The molecule has 0 aliphatic rings. The monoisotopic (exact) mass is 301 g/mol. The zero-order valence-electron chi connectivity index (χ0n) is 12.0. The van der Waals surface area contributed by atoms with Crippen molar-refractivity contribution < 1.29 is 4.79 Å². The molecule has 1 heterocycles. The van der Waals surface area contributed by atoms with E-state index in [4.69, 9.17) is 0 Å². The average Bonchev–Trinajstić information content (AvgIpc) is 2.55. The van der Waals surface area contributed by atoms with Gasteiger partial charge in [-0.15, -0.1) is 11.8 Å². The van der Waals surface area contributed by atoms with Crippen LogP contribution in [0.5, 0.6) is 0 Å². The van der Waals surface area contributed by atoms with Gasteiger partial charge in [0.05, 0.1) is 5.56 Å². The Kier molecular flexibility index (Phi) is 6.24. The van der Waals surface area contributed by atoms with Gasteiger partial charge in [-0.05, 0) is 36.1 Å². The number of aromatic nitrogens is 1. The fourth-order valence-electron chi connectivity index (χ4n) is 1.84. The number of rotatable bonds is 7. The van der Waals surface area contributed by atoms with Gasteiger partial charge in [0.25, 0.3) is 5.91 Å². The number of nitrogens with one attached hydrogen (secondary N) is 2. The smallest absolute Gasteiger partial charge is 0.252 e. The molecule has 0 aliphatic heterocycles. The first-order valence-electron chi connectivity index (χ1n) is 6.81. The molecule has 2 N–H and O–H groups in total. The number of carbonyl (C=O) groups excluding carboxylic acids is 1.